The number of urea groups is 1. The number of amides is 2. The van der Waals surface area contributed by atoms with Crippen molar-refractivity contribution in [3.8, 4) is 0 Å². The molecule has 2 aliphatic rings. The standard InChI is InChI=1S/C18H21FN4O2/c19-15-5-1-12(2-6-15)11-20-18(24)23-9-7-14(8-10-23)17-22-21-16(25-17)13-3-4-13/h1-2,5-6,13-14H,3-4,7-11H2,(H,20,24). The Morgan fingerprint density at radius 2 is 1.68 bits per heavy atom. The van der Waals surface area contributed by atoms with Crippen LogP contribution < -0.4 is 5.32 Å². The molecule has 4 rings (SSSR count). The summed E-state index contributed by atoms with van der Waals surface area (Å²) in [4.78, 5) is 14.1. The highest BCUT2D eigenvalue weighted by Gasteiger charge is 2.32. The molecule has 6 nitrogen and oxygen atoms in total. The van der Waals surface area contributed by atoms with Gasteiger partial charge in [-0.2, -0.15) is 0 Å². The number of nitrogens with zero attached hydrogens (tertiary/aromatic N) is 3. The van der Waals surface area contributed by atoms with Crippen LogP contribution in [0.15, 0.2) is 28.7 Å². The molecule has 0 unspecified atom stereocenters. The molecule has 0 bridgehead atoms. The second kappa shape index (κ2) is 6.82. The average Bonchev–Trinajstić information content (AvgIpc) is 3.38. The Kier molecular flexibility index (Phi) is 4.38. The molecule has 1 aromatic carbocycles. The maximum atomic E-state index is 12.9. The van der Waals surface area contributed by atoms with Crippen molar-refractivity contribution in [2.75, 3.05) is 13.1 Å². The lowest BCUT2D eigenvalue weighted by Gasteiger charge is -2.30. The number of carbonyl (C=O) groups is 1. The zero-order valence-corrected chi connectivity index (χ0v) is 13.9. The summed E-state index contributed by atoms with van der Waals surface area (Å²) in [6, 6.07) is 6.05. The highest BCUT2D eigenvalue weighted by molar-refractivity contribution is 5.74. The Hall–Kier alpha value is -2.44. The Morgan fingerprint density at radius 3 is 2.28 bits per heavy atom. The van der Waals surface area contributed by atoms with E-state index in [0.717, 1.165) is 37.1 Å². The Morgan fingerprint density at radius 1 is 1.08 bits per heavy atom. The van der Waals surface area contributed by atoms with E-state index in [1.54, 1.807) is 17.0 Å². The quantitative estimate of drug-likeness (QED) is 0.925. The van der Waals surface area contributed by atoms with Gasteiger partial charge in [-0.25, -0.2) is 9.18 Å². The van der Waals surface area contributed by atoms with Gasteiger partial charge in [-0.15, -0.1) is 10.2 Å². The van der Waals surface area contributed by atoms with Gasteiger partial charge in [0, 0.05) is 31.5 Å². The lowest BCUT2D eigenvalue weighted by atomic mass is 9.97. The number of likely N-dealkylation sites (tertiary alicyclic amines) is 1. The molecule has 0 atom stereocenters. The maximum absolute atomic E-state index is 12.9. The summed E-state index contributed by atoms with van der Waals surface area (Å²) in [5.41, 5.74) is 0.878. The van der Waals surface area contributed by atoms with Crippen molar-refractivity contribution in [3.05, 3.63) is 47.4 Å². The molecule has 1 aliphatic carbocycles. The van der Waals surface area contributed by atoms with Crippen molar-refractivity contribution in [2.24, 2.45) is 0 Å². The molecule has 1 saturated carbocycles. The van der Waals surface area contributed by atoms with Crippen molar-refractivity contribution in [1.82, 2.24) is 20.4 Å². The Bertz CT molecular complexity index is 734. The largest absolute Gasteiger partial charge is 0.425 e. The van der Waals surface area contributed by atoms with E-state index in [2.05, 4.69) is 15.5 Å². The van der Waals surface area contributed by atoms with Crippen molar-refractivity contribution in [1.29, 1.82) is 0 Å². The van der Waals surface area contributed by atoms with Gasteiger partial charge in [0.05, 0.1) is 0 Å². The van der Waals surface area contributed by atoms with Gasteiger partial charge in [0.15, 0.2) is 0 Å². The average molecular weight is 344 g/mol. The highest BCUT2D eigenvalue weighted by atomic mass is 19.1. The van der Waals surface area contributed by atoms with Crippen LogP contribution in [0.4, 0.5) is 9.18 Å². The van der Waals surface area contributed by atoms with E-state index >= 15 is 0 Å². The molecule has 0 radical (unpaired) electrons. The first-order chi connectivity index (χ1) is 12.2. The smallest absolute Gasteiger partial charge is 0.317 e. The van der Waals surface area contributed by atoms with Gasteiger partial charge >= 0.3 is 6.03 Å². The van der Waals surface area contributed by atoms with E-state index in [0.29, 0.717) is 31.4 Å². The molecule has 1 saturated heterocycles. The molecule has 132 valence electrons. The molecule has 1 aromatic heterocycles. The van der Waals surface area contributed by atoms with Gasteiger partial charge in [0.25, 0.3) is 0 Å². The molecular formula is C18H21FN4O2. The SMILES string of the molecule is O=C(NCc1ccc(F)cc1)N1CCC(c2nnc(C3CC3)o2)CC1. The molecule has 1 N–H and O–H groups in total. The number of hydrogen-bond acceptors (Lipinski definition) is 4. The molecule has 2 fully saturated rings. The summed E-state index contributed by atoms with van der Waals surface area (Å²) in [7, 11) is 0. The predicted molar refractivity (Wildman–Crippen MR) is 88.5 cm³/mol. The topological polar surface area (TPSA) is 71.3 Å². The van der Waals surface area contributed by atoms with E-state index in [4.69, 9.17) is 4.42 Å². The van der Waals surface area contributed by atoms with Crippen LogP contribution in [0.3, 0.4) is 0 Å². The minimum absolute atomic E-state index is 0.0908. The van der Waals surface area contributed by atoms with E-state index in [1.807, 2.05) is 0 Å². The normalized spacial score (nSPS) is 18.4. The molecule has 2 aromatic rings. The molecule has 25 heavy (non-hydrogen) atoms. The maximum Gasteiger partial charge on any atom is 0.317 e. The van der Waals surface area contributed by atoms with Crippen molar-refractivity contribution >= 4 is 6.03 Å². The van der Waals surface area contributed by atoms with Crippen LogP contribution >= 0.6 is 0 Å². The molecule has 2 heterocycles. The molecule has 1 aliphatic heterocycles. The molecule has 2 amide bonds. The number of aromatic nitrogens is 2. The van der Waals surface area contributed by atoms with Crippen LogP contribution in [0.2, 0.25) is 0 Å². The lowest BCUT2D eigenvalue weighted by molar-refractivity contribution is 0.176. The second-order valence-electron chi connectivity index (χ2n) is 6.80. The number of nitrogens with one attached hydrogen (secondary N) is 1. The second-order valence-corrected chi connectivity index (χ2v) is 6.80. The zero-order chi connectivity index (χ0) is 17.2. The van der Waals surface area contributed by atoms with Gasteiger partial charge < -0.3 is 14.6 Å². The van der Waals surface area contributed by atoms with Crippen molar-refractivity contribution in [2.45, 2.75) is 44.1 Å². The zero-order valence-electron chi connectivity index (χ0n) is 13.9. The summed E-state index contributed by atoms with van der Waals surface area (Å²) >= 11 is 0. The third-order valence-electron chi connectivity index (χ3n) is 4.87. The van der Waals surface area contributed by atoms with E-state index in [9.17, 15) is 9.18 Å². The van der Waals surface area contributed by atoms with Gasteiger partial charge in [-0.3, -0.25) is 0 Å². The summed E-state index contributed by atoms with van der Waals surface area (Å²) in [6.07, 6.45) is 3.95. The molecule has 0 spiro atoms. The number of rotatable bonds is 4. The first-order valence-electron chi connectivity index (χ1n) is 8.79. The molecule has 7 heteroatoms. The number of piperidine rings is 1. The number of benzene rings is 1. The van der Waals surface area contributed by atoms with Crippen LogP contribution in [-0.2, 0) is 6.54 Å². The van der Waals surface area contributed by atoms with Gasteiger partial charge in [0.2, 0.25) is 11.8 Å². The Balaban J connectivity index is 1.25. The van der Waals surface area contributed by atoms with Crippen LogP contribution in [0.1, 0.15) is 54.9 Å². The van der Waals surface area contributed by atoms with Crippen molar-refractivity contribution in [3.63, 3.8) is 0 Å². The Labute approximate surface area is 145 Å². The summed E-state index contributed by atoms with van der Waals surface area (Å²) in [5.74, 6) is 1.92. The van der Waals surface area contributed by atoms with E-state index in [-0.39, 0.29) is 17.8 Å². The van der Waals surface area contributed by atoms with Gasteiger partial charge in [-0.05, 0) is 43.4 Å². The fourth-order valence-electron chi connectivity index (χ4n) is 3.13. The predicted octanol–water partition coefficient (Wildman–Crippen LogP) is 3.18. The van der Waals surface area contributed by atoms with Crippen LogP contribution in [0.25, 0.3) is 0 Å². The number of carbonyl (C=O) groups excluding carboxylic acids is 1. The first-order valence-corrected chi connectivity index (χ1v) is 8.79. The minimum Gasteiger partial charge on any atom is -0.425 e. The van der Waals surface area contributed by atoms with Crippen LogP contribution in [-0.4, -0.2) is 34.2 Å². The minimum atomic E-state index is -0.275. The summed E-state index contributed by atoms with van der Waals surface area (Å²) < 4.78 is 18.7. The molecular weight excluding hydrogens is 323 g/mol. The van der Waals surface area contributed by atoms with Crippen molar-refractivity contribution < 1.29 is 13.6 Å². The van der Waals surface area contributed by atoms with Crippen LogP contribution in [0, 0.1) is 5.82 Å². The third kappa shape index (κ3) is 3.81. The first kappa shape index (κ1) is 16.1. The fraction of sp³-hybridized carbons (Fsp3) is 0.500. The van der Waals surface area contributed by atoms with Gasteiger partial charge in [0.1, 0.15) is 5.82 Å². The summed E-state index contributed by atoms with van der Waals surface area (Å²) in [6.45, 7) is 1.73. The van der Waals surface area contributed by atoms with E-state index in [1.165, 1.54) is 12.1 Å². The van der Waals surface area contributed by atoms with Gasteiger partial charge in [-0.1, -0.05) is 12.1 Å². The number of halogens is 1. The summed E-state index contributed by atoms with van der Waals surface area (Å²) in [5, 5.41) is 11.2. The number of hydrogen-bond donors (Lipinski definition) is 1. The third-order valence-corrected chi connectivity index (χ3v) is 4.87. The monoisotopic (exact) mass is 344 g/mol. The fourth-order valence-corrected chi connectivity index (χ4v) is 3.13. The van der Waals surface area contributed by atoms with E-state index < -0.39 is 0 Å². The van der Waals surface area contributed by atoms with Crippen LogP contribution in [0.5, 0.6) is 0 Å². The highest BCUT2D eigenvalue weighted by Crippen LogP contribution is 2.40. The lowest BCUT2D eigenvalue weighted by Crippen LogP contribution is -2.43.